The predicted octanol–water partition coefficient (Wildman–Crippen LogP) is 4.85. The minimum Gasteiger partial charge on any atom is -0.352 e. The van der Waals surface area contributed by atoms with Gasteiger partial charge >= 0.3 is 6.18 Å². The number of halogens is 4. The summed E-state index contributed by atoms with van der Waals surface area (Å²) in [5, 5.41) is 2.56. The summed E-state index contributed by atoms with van der Waals surface area (Å²) in [6.45, 7) is 4.56. The Kier molecular flexibility index (Phi) is 10.4. The monoisotopic (exact) mass is 561 g/mol. The quantitative estimate of drug-likeness (QED) is 0.425. The van der Waals surface area contributed by atoms with E-state index in [4.69, 9.17) is 11.6 Å². The third kappa shape index (κ3) is 8.36. The number of rotatable bonds is 11. The molecule has 0 saturated carbocycles. The molecule has 0 radical (unpaired) electrons. The zero-order valence-corrected chi connectivity index (χ0v) is 22.6. The van der Waals surface area contributed by atoms with Gasteiger partial charge in [0, 0.05) is 12.6 Å². The molecule has 2 atom stereocenters. The van der Waals surface area contributed by atoms with Crippen LogP contribution in [0.15, 0.2) is 48.5 Å². The van der Waals surface area contributed by atoms with Crippen LogP contribution < -0.4 is 9.62 Å². The molecule has 2 amide bonds. The van der Waals surface area contributed by atoms with Crippen molar-refractivity contribution in [2.45, 2.75) is 58.4 Å². The molecule has 37 heavy (non-hydrogen) atoms. The molecule has 204 valence electrons. The number of anilines is 1. The second-order valence-electron chi connectivity index (χ2n) is 8.68. The van der Waals surface area contributed by atoms with Crippen LogP contribution in [-0.4, -0.2) is 50.0 Å². The fourth-order valence-corrected chi connectivity index (χ4v) is 4.74. The second-order valence-corrected chi connectivity index (χ2v) is 11.0. The van der Waals surface area contributed by atoms with Crippen molar-refractivity contribution < 1.29 is 31.2 Å². The van der Waals surface area contributed by atoms with Gasteiger partial charge in [-0.3, -0.25) is 13.9 Å². The lowest BCUT2D eigenvalue weighted by molar-refractivity contribution is -0.140. The summed E-state index contributed by atoms with van der Waals surface area (Å²) >= 11 is 6.09. The van der Waals surface area contributed by atoms with Crippen molar-refractivity contribution in [3.8, 4) is 0 Å². The molecule has 0 unspecified atom stereocenters. The van der Waals surface area contributed by atoms with Crippen molar-refractivity contribution >= 4 is 39.1 Å². The van der Waals surface area contributed by atoms with E-state index in [-0.39, 0.29) is 24.0 Å². The Morgan fingerprint density at radius 2 is 1.68 bits per heavy atom. The second kappa shape index (κ2) is 12.6. The van der Waals surface area contributed by atoms with Gasteiger partial charge in [-0.2, -0.15) is 13.2 Å². The van der Waals surface area contributed by atoms with E-state index in [0.717, 1.165) is 18.4 Å². The van der Waals surface area contributed by atoms with Gasteiger partial charge in [0.15, 0.2) is 0 Å². The molecule has 1 N–H and O–H groups in total. The minimum atomic E-state index is -4.76. The van der Waals surface area contributed by atoms with Crippen molar-refractivity contribution in [2.75, 3.05) is 17.1 Å². The molecule has 2 rings (SSSR count). The first-order valence-corrected chi connectivity index (χ1v) is 13.9. The zero-order chi connectivity index (χ0) is 28.0. The van der Waals surface area contributed by atoms with Crippen molar-refractivity contribution in [1.29, 1.82) is 0 Å². The third-order valence-electron chi connectivity index (χ3n) is 5.80. The number of alkyl halides is 3. The molecule has 0 heterocycles. The van der Waals surface area contributed by atoms with Crippen LogP contribution in [-0.2, 0) is 32.3 Å². The van der Waals surface area contributed by atoms with Crippen molar-refractivity contribution in [3.63, 3.8) is 0 Å². The fourth-order valence-electron chi connectivity index (χ4n) is 3.62. The number of carbonyl (C=O) groups excluding carboxylic acids is 2. The lowest BCUT2D eigenvalue weighted by Gasteiger charge is -2.33. The first-order valence-electron chi connectivity index (χ1n) is 11.7. The Morgan fingerprint density at radius 3 is 2.19 bits per heavy atom. The largest absolute Gasteiger partial charge is 0.416 e. The summed E-state index contributed by atoms with van der Waals surface area (Å²) in [7, 11) is -4.25. The Labute approximate surface area is 220 Å². The van der Waals surface area contributed by atoms with E-state index in [1.807, 2.05) is 13.8 Å². The molecule has 12 heteroatoms. The minimum absolute atomic E-state index is 0.0139. The molecule has 2 aromatic rings. The van der Waals surface area contributed by atoms with Crippen molar-refractivity contribution in [1.82, 2.24) is 10.2 Å². The Hall–Kier alpha value is -2.79. The van der Waals surface area contributed by atoms with E-state index in [1.54, 1.807) is 37.3 Å². The smallest absolute Gasteiger partial charge is 0.352 e. The average molecular weight is 562 g/mol. The van der Waals surface area contributed by atoms with Crippen molar-refractivity contribution in [2.24, 2.45) is 0 Å². The Morgan fingerprint density at radius 1 is 1.05 bits per heavy atom. The summed E-state index contributed by atoms with van der Waals surface area (Å²) in [4.78, 5) is 27.9. The van der Waals surface area contributed by atoms with Crippen LogP contribution in [0.3, 0.4) is 0 Å². The van der Waals surface area contributed by atoms with Gasteiger partial charge in [-0.25, -0.2) is 8.42 Å². The third-order valence-corrected chi connectivity index (χ3v) is 7.25. The molecule has 0 bridgehead atoms. The lowest BCUT2D eigenvalue weighted by atomic mass is 10.1. The maximum absolute atomic E-state index is 13.6. The number of nitrogens with one attached hydrogen (secondary N) is 1. The molecular formula is C25H31ClF3N3O4S. The standard InChI is InChI=1S/C25H31ClF3N3O4S/c1-5-17(3)30-24(34)21(6-2)31(15-18-10-8-7-9-11-18)23(33)16-32(37(4,35)36)22-14-19(25(27,28)29)12-13-20(22)26/h7-14,17,21H,5-6,15-16H2,1-4H3,(H,30,34)/t17-,21+/m1/s1. The molecule has 7 nitrogen and oxygen atoms in total. The number of carbonyl (C=O) groups is 2. The lowest BCUT2D eigenvalue weighted by Crippen LogP contribution is -2.53. The van der Waals surface area contributed by atoms with Crippen LogP contribution in [0.2, 0.25) is 5.02 Å². The predicted molar refractivity (Wildman–Crippen MR) is 138 cm³/mol. The number of nitrogens with zero attached hydrogens (tertiary/aromatic N) is 2. The number of hydrogen-bond donors (Lipinski definition) is 1. The molecule has 0 aliphatic rings. The first kappa shape index (κ1) is 30.4. The van der Waals surface area contributed by atoms with Gasteiger partial charge in [-0.1, -0.05) is 55.8 Å². The highest BCUT2D eigenvalue weighted by atomic mass is 35.5. The summed E-state index contributed by atoms with van der Waals surface area (Å²) in [5.41, 5.74) is -0.911. The topological polar surface area (TPSA) is 86.8 Å². The molecule has 0 aliphatic carbocycles. The van der Waals surface area contributed by atoms with E-state index in [0.29, 0.717) is 22.4 Å². The number of amides is 2. The van der Waals surface area contributed by atoms with Crippen LogP contribution in [0, 0.1) is 0 Å². The van der Waals surface area contributed by atoms with Gasteiger partial charge in [0.2, 0.25) is 21.8 Å². The molecule has 0 spiro atoms. The molecule has 0 saturated heterocycles. The molecule has 2 aromatic carbocycles. The number of benzene rings is 2. The highest BCUT2D eigenvalue weighted by molar-refractivity contribution is 7.92. The zero-order valence-electron chi connectivity index (χ0n) is 21.0. The van der Waals surface area contributed by atoms with Gasteiger partial charge in [0.1, 0.15) is 12.6 Å². The molecule has 0 aliphatic heterocycles. The van der Waals surface area contributed by atoms with Gasteiger partial charge in [-0.05, 0) is 43.5 Å². The van der Waals surface area contributed by atoms with E-state index >= 15 is 0 Å². The Balaban J connectivity index is 2.52. The van der Waals surface area contributed by atoms with Gasteiger partial charge < -0.3 is 10.2 Å². The molecule has 0 fully saturated rings. The Bertz CT molecular complexity index is 1190. The van der Waals surface area contributed by atoms with Crippen LogP contribution >= 0.6 is 11.6 Å². The normalized spacial score (nSPS) is 13.5. The number of sulfonamides is 1. The van der Waals surface area contributed by atoms with Crippen LogP contribution in [0.25, 0.3) is 0 Å². The molecule has 0 aromatic heterocycles. The van der Waals surface area contributed by atoms with Crippen LogP contribution in [0.4, 0.5) is 18.9 Å². The summed E-state index contributed by atoms with van der Waals surface area (Å²) in [6, 6.07) is 9.92. The van der Waals surface area contributed by atoms with Gasteiger partial charge in [0.25, 0.3) is 0 Å². The SMILES string of the molecule is CC[C@@H](C)NC(=O)[C@H](CC)N(Cc1ccccc1)C(=O)CN(c1cc(C(F)(F)F)ccc1Cl)S(C)(=O)=O. The molecular weight excluding hydrogens is 531 g/mol. The number of hydrogen-bond acceptors (Lipinski definition) is 4. The van der Waals surface area contributed by atoms with E-state index < -0.39 is 51.9 Å². The first-order chi connectivity index (χ1) is 17.2. The summed E-state index contributed by atoms with van der Waals surface area (Å²) in [5.74, 6) is -1.18. The maximum Gasteiger partial charge on any atom is 0.416 e. The average Bonchev–Trinajstić information content (AvgIpc) is 2.81. The van der Waals surface area contributed by atoms with E-state index in [2.05, 4.69) is 5.32 Å². The van der Waals surface area contributed by atoms with Gasteiger partial charge in [-0.15, -0.1) is 0 Å². The van der Waals surface area contributed by atoms with Gasteiger partial charge in [0.05, 0.1) is 22.5 Å². The summed E-state index contributed by atoms with van der Waals surface area (Å²) < 4.78 is 65.8. The highest BCUT2D eigenvalue weighted by Crippen LogP contribution is 2.36. The van der Waals surface area contributed by atoms with Crippen molar-refractivity contribution in [3.05, 3.63) is 64.7 Å². The van der Waals surface area contributed by atoms with Crippen LogP contribution in [0.1, 0.15) is 44.7 Å². The van der Waals surface area contributed by atoms with Crippen LogP contribution in [0.5, 0.6) is 0 Å². The summed E-state index contributed by atoms with van der Waals surface area (Å²) in [6.07, 6.45) is -3.10. The van der Waals surface area contributed by atoms with E-state index in [9.17, 15) is 31.2 Å². The van der Waals surface area contributed by atoms with E-state index in [1.165, 1.54) is 4.90 Å². The fraction of sp³-hybridized carbons (Fsp3) is 0.440. The highest BCUT2D eigenvalue weighted by Gasteiger charge is 2.35. The maximum atomic E-state index is 13.6.